The Labute approximate surface area is 128 Å². The first-order valence-electron chi connectivity index (χ1n) is 5.64. The largest absolute Gasteiger partial charge is 0.476 e. The molecule has 21 heavy (non-hydrogen) atoms. The lowest BCUT2D eigenvalue weighted by Gasteiger charge is -2.05. The summed E-state index contributed by atoms with van der Waals surface area (Å²) in [5.74, 6) is -1.66. The molecule has 0 bridgehead atoms. The number of anilines is 2. The molecule has 0 radical (unpaired) electrons. The third kappa shape index (κ3) is 3.18. The van der Waals surface area contributed by atoms with Gasteiger partial charge in [-0.25, -0.2) is 9.78 Å². The molecule has 2 aromatic rings. The summed E-state index contributed by atoms with van der Waals surface area (Å²) in [6.45, 7) is 1.27. The number of carbonyl (C=O) groups is 2. The third-order valence-corrected chi connectivity index (χ3v) is 3.89. The summed E-state index contributed by atoms with van der Waals surface area (Å²) in [6.07, 6.45) is 0. The Balaban J connectivity index is 2.41. The molecule has 0 amide bonds. The van der Waals surface area contributed by atoms with E-state index in [1.807, 2.05) is 6.07 Å². The van der Waals surface area contributed by atoms with Crippen molar-refractivity contribution < 1.29 is 14.7 Å². The first kappa shape index (κ1) is 15.0. The molecule has 2 rings (SSSR count). The zero-order valence-electron chi connectivity index (χ0n) is 10.7. The molecular formula is C13H8ClN3O3S. The third-order valence-electron chi connectivity index (χ3n) is 2.49. The maximum Gasteiger partial charge on any atom is 0.356 e. The minimum atomic E-state index is -1.28. The van der Waals surface area contributed by atoms with Crippen LogP contribution in [-0.4, -0.2) is 21.8 Å². The number of halogens is 1. The number of Topliss-reactive ketones (excluding diaryl/α,β-unsaturated/α-hetero) is 1. The molecule has 2 N–H and O–H groups in total. The van der Waals surface area contributed by atoms with Gasteiger partial charge in [-0.3, -0.25) is 4.79 Å². The van der Waals surface area contributed by atoms with Crippen LogP contribution in [0.25, 0.3) is 0 Å². The van der Waals surface area contributed by atoms with Gasteiger partial charge >= 0.3 is 5.97 Å². The quantitative estimate of drug-likeness (QED) is 0.837. The van der Waals surface area contributed by atoms with Crippen molar-refractivity contribution >= 4 is 45.5 Å². The average Bonchev–Trinajstić information content (AvgIpc) is 2.85. The number of rotatable bonds is 4. The molecule has 1 aromatic carbocycles. The maximum atomic E-state index is 11.4. The summed E-state index contributed by atoms with van der Waals surface area (Å²) in [4.78, 5) is 26.4. The molecule has 0 aliphatic carbocycles. The second-order valence-electron chi connectivity index (χ2n) is 3.99. The van der Waals surface area contributed by atoms with Gasteiger partial charge in [0.1, 0.15) is 4.88 Å². The summed E-state index contributed by atoms with van der Waals surface area (Å²) in [5.41, 5.74) is 0.503. The van der Waals surface area contributed by atoms with Crippen LogP contribution in [0.4, 0.5) is 10.8 Å². The van der Waals surface area contributed by atoms with Crippen LogP contribution in [0, 0.1) is 11.3 Å². The molecule has 0 fully saturated rings. The fourth-order valence-electron chi connectivity index (χ4n) is 1.56. The lowest BCUT2D eigenvalue weighted by Crippen LogP contribution is -2.03. The van der Waals surface area contributed by atoms with Gasteiger partial charge in [-0.15, -0.1) is 0 Å². The fraction of sp³-hybridized carbons (Fsp3) is 0.0769. The van der Waals surface area contributed by atoms with Gasteiger partial charge in [0.05, 0.1) is 22.3 Å². The van der Waals surface area contributed by atoms with Crippen molar-refractivity contribution in [1.29, 1.82) is 5.26 Å². The van der Waals surface area contributed by atoms with Crippen molar-refractivity contribution in [3.63, 3.8) is 0 Å². The topological polar surface area (TPSA) is 103 Å². The number of ketones is 1. The molecule has 106 valence electrons. The van der Waals surface area contributed by atoms with E-state index in [1.54, 1.807) is 12.1 Å². The van der Waals surface area contributed by atoms with Gasteiger partial charge in [-0.2, -0.15) is 5.26 Å². The van der Waals surface area contributed by atoms with E-state index in [2.05, 4.69) is 10.3 Å². The predicted octanol–water partition coefficient (Wildman–Crippen LogP) is 3.31. The summed E-state index contributed by atoms with van der Waals surface area (Å²) in [5, 5.41) is 21.3. The highest BCUT2D eigenvalue weighted by atomic mass is 35.5. The molecule has 1 aromatic heterocycles. The Hall–Kier alpha value is -2.43. The second kappa shape index (κ2) is 5.91. The summed E-state index contributed by atoms with van der Waals surface area (Å²) in [6, 6.07) is 6.58. The van der Waals surface area contributed by atoms with E-state index >= 15 is 0 Å². The standard InChI is InChI=1S/C13H8ClN3O3S/c1-6(18)11-10(12(19)20)17-13(21-11)16-9-4-7(5-15)2-3-8(9)14/h2-4H,1H3,(H,16,17)(H,19,20). The number of benzene rings is 1. The predicted molar refractivity (Wildman–Crippen MR) is 78.5 cm³/mol. The number of nitriles is 1. The summed E-state index contributed by atoms with van der Waals surface area (Å²) in [7, 11) is 0. The molecule has 0 saturated carbocycles. The fourth-order valence-corrected chi connectivity index (χ4v) is 2.59. The van der Waals surface area contributed by atoms with Gasteiger partial charge < -0.3 is 10.4 Å². The molecule has 8 heteroatoms. The Morgan fingerprint density at radius 2 is 2.19 bits per heavy atom. The van der Waals surface area contributed by atoms with E-state index in [0.717, 1.165) is 11.3 Å². The zero-order valence-corrected chi connectivity index (χ0v) is 12.2. The average molecular weight is 322 g/mol. The molecule has 6 nitrogen and oxygen atoms in total. The minimum absolute atomic E-state index is 0.0533. The molecule has 0 atom stereocenters. The first-order chi connectivity index (χ1) is 9.92. The van der Waals surface area contributed by atoms with Crippen LogP contribution in [0.15, 0.2) is 18.2 Å². The summed E-state index contributed by atoms with van der Waals surface area (Å²) < 4.78 is 0. The number of aromatic carboxylic acids is 1. The van der Waals surface area contributed by atoms with Crippen molar-refractivity contribution in [3.05, 3.63) is 39.4 Å². The van der Waals surface area contributed by atoms with Gasteiger partial charge in [-0.1, -0.05) is 22.9 Å². The normalized spacial score (nSPS) is 9.95. The van der Waals surface area contributed by atoms with Crippen LogP contribution in [0.2, 0.25) is 5.02 Å². The summed E-state index contributed by atoms with van der Waals surface area (Å²) >= 11 is 6.92. The number of hydrogen-bond acceptors (Lipinski definition) is 6. The van der Waals surface area contributed by atoms with Crippen LogP contribution >= 0.6 is 22.9 Å². The maximum absolute atomic E-state index is 11.4. The Morgan fingerprint density at radius 1 is 1.48 bits per heavy atom. The molecule has 0 spiro atoms. The van der Waals surface area contributed by atoms with E-state index in [9.17, 15) is 9.59 Å². The van der Waals surface area contributed by atoms with E-state index in [0.29, 0.717) is 16.3 Å². The lowest BCUT2D eigenvalue weighted by molar-refractivity contribution is 0.0687. The van der Waals surface area contributed by atoms with Gasteiger partial charge in [0.25, 0.3) is 0 Å². The monoisotopic (exact) mass is 321 g/mol. The number of hydrogen-bond donors (Lipinski definition) is 2. The van der Waals surface area contributed by atoms with E-state index in [-0.39, 0.29) is 21.5 Å². The van der Waals surface area contributed by atoms with Gasteiger partial charge in [0.2, 0.25) is 0 Å². The van der Waals surface area contributed by atoms with Gasteiger partial charge in [0.15, 0.2) is 16.6 Å². The van der Waals surface area contributed by atoms with Gasteiger partial charge in [-0.05, 0) is 18.2 Å². The van der Waals surface area contributed by atoms with Gasteiger partial charge in [0, 0.05) is 6.92 Å². The molecule has 0 saturated heterocycles. The molecule has 1 heterocycles. The highest BCUT2D eigenvalue weighted by Crippen LogP contribution is 2.30. The smallest absolute Gasteiger partial charge is 0.356 e. The Bertz CT molecular complexity index is 748. The Morgan fingerprint density at radius 3 is 2.71 bits per heavy atom. The number of carbonyl (C=O) groups excluding carboxylic acids is 1. The molecule has 0 aliphatic rings. The lowest BCUT2D eigenvalue weighted by atomic mass is 10.2. The number of carboxylic acid groups (broad SMARTS) is 1. The van der Waals surface area contributed by atoms with Crippen LogP contribution in [0.3, 0.4) is 0 Å². The highest BCUT2D eigenvalue weighted by Gasteiger charge is 2.20. The van der Waals surface area contributed by atoms with Crippen molar-refractivity contribution in [2.75, 3.05) is 5.32 Å². The second-order valence-corrected chi connectivity index (χ2v) is 5.40. The highest BCUT2D eigenvalue weighted by molar-refractivity contribution is 7.17. The van der Waals surface area contributed by atoms with Crippen molar-refractivity contribution in [2.45, 2.75) is 6.92 Å². The van der Waals surface area contributed by atoms with Crippen LogP contribution in [0.5, 0.6) is 0 Å². The van der Waals surface area contributed by atoms with Crippen LogP contribution in [-0.2, 0) is 0 Å². The van der Waals surface area contributed by atoms with Crippen LogP contribution < -0.4 is 5.32 Å². The first-order valence-corrected chi connectivity index (χ1v) is 6.83. The molecule has 0 unspecified atom stereocenters. The minimum Gasteiger partial charge on any atom is -0.476 e. The SMILES string of the molecule is CC(=O)c1sc(Nc2cc(C#N)ccc2Cl)nc1C(=O)O. The number of thiazole rings is 1. The number of carboxylic acids is 1. The number of aromatic nitrogens is 1. The van der Waals surface area contributed by atoms with E-state index in [4.69, 9.17) is 22.0 Å². The molecular weight excluding hydrogens is 314 g/mol. The molecule has 0 aliphatic heterocycles. The van der Waals surface area contributed by atoms with E-state index < -0.39 is 5.97 Å². The van der Waals surface area contributed by atoms with E-state index in [1.165, 1.54) is 13.0 Å². The van der Waals surface area contributed by atoms with Crippen molar-refractivity contribution in [1.82, 2.24) is 4.98 Å². The number of nitrogens with zero attached hydrogens (tertiary/aromatic N) is 2. The van der Waals surface area contributed by atoms with Crippen molar-refractivity contribution in [2.24, 2.45) is 0 Å². The Kier molecular flexibility index (Phi) is 4.21. The van der Waals surface area contributed by atoms with Crippen molar-refractivity contribution in [3.8, 4) is 6.07 Å². The van der Waals surface area contributed by atoms with Crippen LogP contribution in [0.1, 0.15) is 32.6 Å². The zero-order chi connectivity index (χ0) is 15.6. The number of nitrogens with one attached hydrogen (secondary N) is 1.